The molecular weight excluding hydrogens is 360 g/mol. The van der Waals surface area contributed by atoms with Crippen molar-refractivity contribution >= 4 is 23.2 Å². The Balaban J connectivity index is 1.62. The van der Waals surface area contributed by atoms with E-state index in [0.717, 1.165) is 36.5 Å². The Morgan fingerprint density at radius 1 is 1.37 bits per heavy atom. The molecule has 6 nitrogen and oxygen atoms in total. The number of hydrogen-bond acceptors (Lipinski definition) is 4. The van der Waals surface area contributed by atoms with Gasteiger partial charge < -0.3 is 14.8 Å². The van der Waals surface area contributed by atoms with Crippen LogP contribution < -0.4 is 5.32 Å². The third kappa shape index (κ3) is 4.66. The van der Waals surface area contributed by atoms with Crippen LogP contribution in [0.5, 0.6) is 0 Å². The summed E-state index contributed by atoms with van der Waals surface area (Å²) in [4.78, 5) is 32.9. The number of amides is 2. The molecule has 1 saturated heterocycles. The third-order valence-electron chi connectivity index (χ3n) is 4.78. The van der Waals surface area contributed by atoms with Gasteiger partial charge in [0.2, 0.25) is 5.91 Å². The highest BCUT2D eigenvalue weighted by molar-refractivity contribution is 7.14. The molecule has 1 fully saturated rings. The van der Waals surface area contributed by atoms with E-state index in [9.17, 15) is 9.59 Å². The van der Waals surface area contributed by atoms with Crippen LogP contribution in [-0.2, 0) is 18.4 Å². The second-order valence-electron chi connectivity index (χ2n) is 6.67. The van der Waals surface area contributed by atoms with Gasteiger partial charge in [-0.1, -0.05) is 19.1 Å². The minimum absolute atomic E-state index is 0.0913. The van der Waals surface area contributed by atoms with Gasteiger partial charge in [0, 0.05) is 37.3 Å². The van der Waals surface area contributed by atoms with Crippen LogP contribution in [0, 0.1) is 0 Å². The minimum Gasteiger partial charge on any atom is -0.344 e. The maximum absolute atomic E-state index is 12.5. The summed E-state index contributed by atoms with van der Waals surface area (Å²) in [5.74, 6) is 0.875. The lowest BCUT2D eigenvalue weighted by molar-refractivity contribution is -0.131. The molecule has 2 amide bonds. The van der Waals surface area contributed by atoms with Crippen LogP contribution in [0.15, 0.2) is 36.7 Å². The molecule has 0 bridgehead atoms. The molecule has 0 saturated carbocycles. The summed E-state index contributed by atoms with van der Waals surface area (Å²) in [6.45, 7) is 3.25. The van der Waals surface area contributed by atoms with Crippen molar-refractivity contribution in [3.63, 3.8) is 0 Å². The van der Waals surface area contributed by atoms with Gasteiger partial charge in [-0.3, -0.25) is 9.59 Å². The summed E-state index contributed by atoms with van der Waals surface area (Å²) in [6.07, 6.45) is 10.9. The Kier molecular flexibility index (Phi) is 6.45. The van der Waals surface area contributed by atoms with E-state index in [1.807, 2.05) is 47.0 Å². The number of aromatic nitrogens is 2. The Hall–Kier alpha value is -2.41. The number of rotatable bonds is 7. The minimum atomic E-state index is -0.101. The van der Waals surface area contributed by atoms with Gasteiger partial charge >= 0.3 is 0 Å². The quantitative estimate of drug-likeness (QED) is 0.742. The van der Waals surface area contributed by atoms with Crippen molar-refractivity contribution in [2.45, 2.75) is 45.2 Å². The van der Waals surface area contributed by atoms with Gasteiger partial charge in [0.15, 0.2) is 0 Å². The van der Waals surface area contributed by atoms with Crippen LogP contribution in [0.4, 0.5) is 0 Å². The molecule has 3 heterocycles. The van der Waals surface area contributed by atoms with Crippen molar-refractivity contribution in [1.29, 1.82) is 0 Å². The number of likely N-dealkylation sites (tertiary alicyclic amines) is 1. The Labute approximate surface area is 163 Å². The molecule has 7 heteroatoms. The lowest BCUT2D eigenvalue weighted by Gasteiger charge is -2.23. The molecule has 0 aromatic carbocycles. The first kappa shape index (κ1) is 19.4. The van der Waals surface area contributed by atoms with Gasteiger partial charge in [-0.15, -0.1) is 11.3 Å². The summed E-state index contributed by atoms with van der Waals surface area (Å²) in [7, 11) is 1.90. The zero-order chi connectivity index (χ0) is 19.2. The van der Waals surface area contributed by atoms with E-state index >= 15 is 0 Å². The summed E-state index contributed by atoms with van der Waals surface area (Å²) in [5, 5.41) is 2.91. The molecule has 144 valence electrons. The first-order valence-corrected chi connectivity index (χ1v) is 10.2. The predicted molar refractivity (Wildman–Crippen MR) is 106 cm³/mol. The topological polar surface area (TPSA) is 67.2 Å². The zero-order valence-electron chi connectivity index (χ0n) is 15.9. The highest BCUT2D eigenvalue weighted by Gasteiger charge is 2.30. The molecule has 1 aliphatic heterocycles. The number of carbonyl (C=O) groups excluding carboxylic acids is 2. The van der Waals surface area contributed by atoms with Gasteiger partial charge in [0.25, 0.3) is 5.91 Å². The van der Waals surface area contributed by atoms with E-state index in [1.165, 1.54) is 11.3 Å². The molecule has 2 aromatic rings. The van der Waals surface area contributed by atoms with E-state index in [0.29, 0.717) is 17.8 Å². The van der Waals surface area contributed by atoms with Gasteiger partial charge in [0.05, 0.1) is 17.5 Å². The Bertz CT molecular complexity index is 824. The highest BCUT2D eigenvalue weighted by atomic mass is 32.1. The molecule has 0 radical (unpaired) electrons. The smallest absolute Gasteiger partial charge is 0.261 e. The molecule has 0 aliphatic carbocycles. The van der Waals surface area contributed by atoms with E-state index in [4.69, 9.17) is 0 Å². The van der Waals surface area contributed by atoms with Crippen molar-refractivity contribution in [1.82, 2.24) is 19.8 Å². The Morgan fingerprint density at radius 3 is 2.96 bits per heavy atom. The second kappa shape index (κ2) is 8.99. The maximum Gasteiger partial charge on any atom is 0.261 e. The van der Waals surface area contributed by atoms with Gasteiger partial charge in [-0.25, -0.2) is 4.98 Å². The number of carbonyl (C=O) groups is 2. The van der Waals surface area contributed by atoms with Crippen LogP contribution in [0.3, 0.4) is 0 Å². The number of allylic oxidation sites excluding steroid dienone is 1. The lowest BCUT2D eigenvalue weighted by Crippen LogP contribution is -2.29. The normalized spacial score (nSPS) is 17.0. The molecule has 1 N–H and O–H groups in total. The first-order chi connectivity index (χ1) is 13.1. The van der Waals surface area contributed by atoms with Crippen molar-refractivity contribution < 1.29 is 9.59 Å². The number of nitrogens with zero attached hydrogens (tertiary/aromatic N) is 3. The summed E-state index contributed by atoms with van der Waals surface area (Å²) < 4.78 is 1.88. The highest BCUT2D eigenvalue weighted by Crippen LogP contribution is 2.36. The predicted octanol–water partition coefficient (Wildman–Crippen LogP) is 3.43. The van der Waals surface area contributed by atoms with Gasteiger partial charge in [-0.2, -0.15) is 0 Å². The molecule has 1 unspecified atom stereocenters. The van der Waals surface area contributed by atoms with Crippen molar-refractivity contribution in [2.24, 2.45) is 7.05 Å². The standard InChI is InChI=1S/C20H26N4O2S/c1-3-4-5-8-19(25)24-12-6-7-15(24)16-9-10-17(27-16)20(26)22-14-18-21-11-13-23(18)2/h4-5,9-11,13,15H,3,6-8,12,14H2,1-2H3,(H,22,26)/b5-4+. The Morgan fingerprint density at radius 2 is 2.22 bits per heavy atom. The third-order valence-corrected chi connectivity index (χ3v) is 5.96. The van der Waals surface area contributed by atoms with Gasteiger partial charge in [-0.05, 0) is 31.4 Å². The molecule has 27 heavy (non-hydrogen) atoms. The van der Waals surface area contributed by atoms with Crippen LogP contribution in [0.1, 0.15) is 59.0 Å². The fraction of sp³-hybridized carbons (Fsp3) is 0.450. The van der Waals surface area contributed by atoms with Crippen molar-refractivity contribution in [2.75, 3.05) is 6.54 Å². The fourth-order valence-corrected chi connectivity index (χ4v) is 4.37. The summed E-state index contributed by atoms with van der Waals surface area (Å²) in [5.41, 5.74) is 0. The summed E-state index contributed by atoms with van der Waals surface area (Å²) in [6, 6.07) is 3.93. The maximum atomic E-state index is 12.5. The van der Waals surface area contributed by atoms with E-state index in [-0.39, 0.29) is 17.9 Å². The van der Waals surface area contributed by atoms with Crippen molar-refractivity contribution in [3.05, 3.63) is 52.3 Å². The first-order valence-electron chi connectivity index (χ1n) is 9.38. The number of thiophene rings is 1. The SMILES string of the molecule is CC/C=C/CC(=O)N1CCCC1c1ccc(C(=O)NCc2nccn2C)s1. The van der Waals surface area contributed by atoms with E-state index in [2.05, 4.69) is 17.2 Å². The van der Waals surface area contributed by atoms with Crippen LogP contribution >= 0.6 is 11.3 Å². The number of nitrogens with one attached hydrogen (secondary N) is 1. The number of hydrogen-bond donors (Lipinski definition) is 1. The molecule has 3 rings (SSSR count). The zero-order valence-corrected chi connectivity index (χ0v) is 16.7. The van der Waals surface area contributed by atoms with E-state index < -0.39 is 0 Å². The van der Waals surface area contributed by atoms with Crippen LogP contribution in [0.25, 0.3) is 0 Å². The largest absolute Gasteiger partial charge is 0.344 e. The average Bonchev–Trinajstić information content (AvgIpc) is 3.40. The lowest BCUT2D eigenvalue weighted by atomic mass is 10.2. The van der Waals surface area contributed by atoms with Crippen molar-refractivity contribution in [3.8, 4) is 0 Å². The molecule has 0 spiro atoms. The molecular formula is C20H26N4O2S. The second-order valence-corrected chi connectivity index (χ2v) is 7.78. The summed E-state index contributed by atoms with van der Waals surface area (Å²) >= 11 is 1.48. The average molecular weight is 387 g/mol. The molecule has 1 atom stereocenters. The van der Waals surface area contributed by atoms with E-state index in [1.54, 1.807) is 6.20 Å². The molecule has 1 aliphatic rings. The monoisotopic (exact) mass is 386 g/mol. The van der Waals surface area contributed by atoms with Gasteiger partial charge in [0.1, 0.15) is 5.82 Å². The fourth-order valence-electron chi connectivity index (χ4n) is 3.30. The van der Waals surface area contributed by atoms with Crippen LogP contribution in [0.2, 0.25) is 0 Å². The number of imidazole rings is 1. The van der Waals surface area contributed by atoms with Crippen LogP contribution in [-0.4, -0.2) is 32.8 Å². The number of aryl methyl sites for hydroxylation is 1. The molecule has 2 aromatic heterocycles.